The zero-order valence-corrected chi connectivity index (χ0v) is 17.2. The Hall–Kier alpha value is -2.19. The number of nitrogen functional groups attached to an aromatic ring is 1. The Labute approximate surface area is 167 Å². The molecular weight excluding hydrogens is 405 g/mol. The Kier molecular flexibility index (Phi) is 6.51. The minimum Gasteiger partial charge on any atom is -0.479 e. The van der Waals surface area contributed by atoms with Gasteiger partial charge >= 0.3 is 0 Å². The summed E-state index contributed by atoms with van der Waals surface area (Å²) >= 11 is 5.93. The molecule has 2 aromatic heterocycles. The van der Waals surface area contributed by atoms with Gasteiger partial charge in [0.2, 0.25) is 19.2 Å². The highest BCUT2D eigenvalue weighted by Gasteiger charge is 2.17. The fourth-order valence-corrected chi connectivity index (χ4v) is 3.68. The largest absolute Gasteiger partial charge is 0.479 e. The van der Waals surface area contributed by atoms with Crippen LogP contribution >= 0.6 is 19.0 Å². The van der Waals surface area contributed by atoms with E-state index in [1.165, 1.54) is 7.11 Å². The van der Waals surface area contributed by atoms with E-state index in [0.717, 1.165) is 5.56 Å². The Morgan fingerprint density at radius 2 is 2.14 bits per heavy atom. The Morgan fingerprint density at radius 1 is 1.32 bits per heavy atom. The second kappa shape index (κ2) is 8.87. The number of imidazole rings is 1. The number of methoxy groups -OCH3 is 1. The molecule has 0 fully saturated rings. The monoisotopic (exact) mass is 425 g/mol. The molecular formula is C17H21ClN5O4P. The molecule has 28 heavy (non-hydrogen) atoms. The average Bonchev–Trinajstić information content (AvgIpc) is 3.06. The van der Waals surface area contributed by atoms with Gasteiger partial charge in [0.1, 0.15) is 6.35 Å². The number of ether oxygens (including phenoxy) is 2. The van der Waals surface area contributed by atoms with Gasteiger partial charge in [-0.2, -0.15) is 9.97 Å². The van der Waals surface area contributed by atoms with Crippen LogP contribution in [0.15, 0.2) is 30.6 Å². The average molecular weight is 426 g/mol. The molecule has 2 heterocycles. The van der Waals surface area contributed by atoms with E-state index in [-0.39, 0.29) is 18.9 Å². The van der Waals surface area contributed by atoms with Gasteiger partial charge in [-0.1, -0.05) is 23.7 Å². The molecule has 1 unspecified atom stereocenters. The van der Waals surface area contributed by atoms with Crippen LogP contribution < -0.4 is 10.5 Å². The van der Waals surface area contributed by atoms with E-state index in [9.17, 15) is 4.57 Å². The van der Waals surface area contributed by atoms with Crippen molar-refractivity contribution in [1.82, 2.24) is 19.5 Å². The minimum atomic E-state index is -2.90. The van der Waals surface area contributed by atoms with Gasteiger partial charge in [0.05, 0.1) is 26.7 Å². The van der Waals surface area contributed by atoms with E-state index in [4.69, 9.17) is 31.3 Å². The summed E-state index contributed by atoms with van der Waals surface area (Å²) in [5.41, 5.74) is 7.61. The van der Waals surface area contributed by atoms with Gasteiger partial charge in [-0.3, -0.25) is 4.57 Å². The summed E-state index contributed by atoms with van der Waals surface area (Å²) in [6.45, 7) is 2.50. The first-order valence-electron chi connectivity index (χ1n) is 8.43. The summed E-state index contributed by atoms with van der Waals surface area (Å²) in [7, 11) is -1.41. The molecule has 1 atom stereocenters. The molecule has 0 aliphatic carbocycles. The number of benzene rings is 1. The third kappa shape index (κ3) is 5.20. The maximum Gasteiger partial charge on any atom is 0.246 e. The van der Waals surface area contributed by atoms with Crippen LogP contribution in [0.1, 0.15) is 5.56 Å². The fraction of sp³-hybridized carbons (Fsp3) is 0.353. The molecule has 9 nitrogen and oxygen atoms in total. The maximum atomic E-state index is 12.5. The van der Waals surface area contributed by atoms with Gasteiger partial charge < -0.3 is 24.3 Å². The van der Waals surface area contributed by atoms with Crippen molar-refractivity contribution in [3.05, 3.63) is 41.2 Å². The molecule has 0 amide bonds. The third-order valence-corrected chi connectivity index (χ3v) is 5.40. The SMILES string of the molecule is COc1nc(N)nc2c1ncn2CCOCP(C)(=O)OCc1cccc(Cl)c1. The highest BCUT2D eigenvalue weighted by molar-refractivity contribution is 7.57. The van der Waals surface area contributed by atoms with Gasteiger partial charge in [0, 0.05) is 18.2 Å². The molecule has 0 aliphatic heterocycles. The predicted octanol–water partition coefficient (Wildman–Crippen LogP) is 3.17. The molecule has 3 aromatic rings. The lowest BCUT2D eigenvalue weighted by Gasteiger charge is -2.14. The standard InChI is InChI=1S/C17H21ClN5O4P/c1-25-16-14-15(21-17(19)22-16)23(10-20-14)6-7-26-11-28(2,24)27-9-12-4-3-5-13(18)8-12/h3-5,8,10H,6-7,9,11H2,1-2H3,(H2,19,21,22). The normalized spacial score (nSPS) is 13.5. The first-order valence-corrected chi connectivity index (χ1v) is 11.1. The highest BCUT2D eigenvalue weighted by Crippen LogP contribution is 2.43. The van der Waals surface area contributed by atoms with Crippen molar-refractivity contribution in [3.8, 4) is 5.88 Å². The second-order valence-electron chi connectivity index (χ2n) is 6.16. The van der Waals surface area contributed by atoms with E-state index >= 15 is 0 Å². The summed E-state index contributed by atoms with van der Waals surface area (Å²) in [5, 5.41) is 0.608. The van der Waals surface area contributed by atoms with Crippen LogP contribution in [0.4, 0.5) is 5.95 Å². The number of halogens is 1. The van der Waals surface area contributed by atoms with Crippen LogP contribution in [0.2, 0.25) is 5.02 Å². The van der Waals surface area contributed by atoms with Crippen molar-refractivity contribution < 1.29 is 18.6 Å². The van der Waals surface area contributed by atoms with Gasteiger partial charge in [0.25, 0.3) is 0 Å². The lowest BCUT2D eigenvalue weighted by Crippen LogP contribution is -2.08. The smallest absolute Gasteiger partial charge is 0.246 e. The third-order valence-electron chi connectivity index (χ3n) is 3.84. The molecule has 1 aromatic carbocycles. The molecule has 2 N–H and O–H groups in total. The Morgan fingerprint density at radius 3 is 2.89 bits per heavy atom. The molecule has 0 saturated carbocycles. The van der Waals surface area contributed by atoms with E-state index in [2.05, 4.69) is 15.0 Å². The van der Waals surface area contributed by atoms with Crippen LogP contribution in [0.3, 0.4) is 0 Å². The number of hydrogen-bond donors (Lipinski definition) is 1. The summed E-state index contributed by atoms with van der Waals surface area (Å²) in [6, 6.07) is 7.22. The number of hydrogen-bond acceptors (Lipinski definition) is 8. The van der Waals surface area contributed by atoms with Crippen LogP contribution in [-0.4, -0.2) is 46.2 Å². The van der Waals surface area contributed by atoms with Gasteiger partial charge in [-0.25, -0.2) is 4.98 Å². The van der Waals surface area contributed by atoms with Crippen molar-refractivity contribution in [1.29, 1.82) is 0 Å². The summed E-state index contributed by atoms with van der Waals surface area (Å²) in [4.78, 5) is 12.4. The summed E-state index contributed by atoms with van der Waals surface area (Å²) in [6.07, 6.45) is 1.60. The first-order chi connectivity index (χ1) is 13.4. The minimum absolute atomic E-state index is 0.000634. The van der Waals surface area contributed by atoms with E-state index in [1.54, 1.807) is 29.7 Å². The number of anilines is 1. The van der Waals surface area contributed by atoms with Gasteiger partial charge in [-0.15, -0.1) is 0 Å². The predicted molar refractivity (Wildman–Crippen MR) is 107 cm³/mol. The lowest BCUT2D eigenvalue weighted by molar-refractivity contribution is 0.153. The van der Waals surface area contributed by atoms with Crippen molar-refractivity contribution in [2.75, 3.05) is 32.5 Å². The molecule has 0 spiro atoms. The number of rotatable bonds is 9. The second-order valence-corrected chi connectivity index (χ2v) is 9.14. The summed E-state index contributed by atoms with van der Waals surface area (Å²) < 4.78 is 30.5. The van der Waals surface area contributed by atoms with Crippen molar-refractivity contribution >= 4 is 36.1 Å². The van der Waals surface area contributed by atoms with Crippen LogP contribution in [0.25, 0.3) is 11.2 Å². The molecule has 0 bridgehead atoms. The number of aromatic nitrogens is 4. The van der Waals surface area contributed by atoms with Crippen LogP contribution in [-0.2, 0) is 27.0 Å². The van der Waals surface area contributed by atoms with Crippen molar-refractivity contribution in [2.45, 2.75) is 13.2 Å². The molecule has 150 valence electrons. The lowest BCUT2D eigenvalue weighted by atomic mass is 10.2. The van der Waals surface area contributed by atoms with Crippen molar-refractivity contribution in [2.24, 2.45) is 0 Å². The molecule has 3 rings (SSSR count). The van der Waals surface area contributed by atoms with E-state index in [0.29, 0.717) is 35.2 Å². The zero-order chi connectivity index (χ0) is 20.1. The topological polar surface area (TPSA) is 114 Å². The quantitative estimate of drug-likeness (QED) is 0.410. The highest BCUT2D eigenvalue weighted by atomic mass is 35.5. The Balaban J connectivity index is 1.52. The first kappa shape index (κ1) is 20.5. The maximum absolute atomic E-state index is 12.5. The fourth-order valence-electron chi connectivity index (χ4n) is 2.51. The number of fused-ring (bicyclic) bond motifs is 1. The van der Waals surface area contributed by atoms with Crippen LogP contribution in [0.5, 0.6) is 5.88 Å². The van der Waals surface area contributed by atoms with Crippen LogP contribution in [0, 0.1) is 0 Å². The van der Waals surface area contributed by atoms with Gasteiger partial charge in [0.15, 0.2) is 11.2 Å². The number of nitrogens with two attached hydrogens (primary N) is 1. The zero-order valence-electron chi connectivity index (χ0n) is 15.5. The molecule has 0 aliphatic rings. The molecule has 0 radical (unpaired) electrons. The molecule has 11 heteroatoms. The number of nitrogens with zero attached hydrogens (tertiary/aromatic N) is 4. The van der Waals surface area contributed by atoms with Gasteiger partial charge in [-0.05, 0) is 17.7 Å². The van der Waals surface area contributed by atoms with E-state index < -0.39 is 7.37 Å². The van der Waals surface area contributed by atoms with Crippen molar-refractivity contribution in [3.63, 3.8) is 0 Å². The van der Waals surface area contributed by atoms with E-state index in [1.807, 2.05) is 12.1 Å². The summed E-state index contributed by atoms with van der Waals surface area (Å²) in [5.74, 6) is 0.411. The molecule has 0 saturated heterocycles. The Bertz CT molecular complexity index is 1010.